The molecule has 2 heterocycles. The van der Waals surface area contributed by atoms with Crippen molar-refractivity contribution in [1.82, 2.24) is 9.55 Å². The van der Waals surface area contributed by atoms with Crippen molar-refractivity contribution in [2.24, 2.45) is 5.92 Å². The van der Waals surface area contributed by atoms with Crippen molar-refractivity contribution in [3.63, 3.8) is 0 Å². The van der Waals surface area contributed by atoms with Crippen LogP contribution in [0.4, 0.5) is 4.39 Å². The van der Waals surface area contributed by atoms with Crippen molar-refractivity contribution in [2.75, 3.05) is 0 Å². The maximum atomic E-state index is 13.3. The van der Waals surface area contributed by atoms with E-state index in [4.69, 9.17) is 0 Å². The van der Waals surface area contributed by atoms with Gasteiger partial charge in [-0.05, 0) is 78.2 Å². The van der Waals surface area contributed by atoms with Crippen LogP contribution in [-0.4, -0.2) is 14.7 Å². The van der Waals surface area contributed by atoms with Gasteiger partial charge in [0.1, 0.15) is 11.4 Å². The van der Waals surface area contributed by atoms with Crippen LogP contribution >= 0.6 is 0 Å². The monoisotopic (exact) mass is 408 g/mol. The largest absolute Gasteiger partial charge is 0.378 e. The highest BCUT2D eigenvalue weighted by Crippen LogP contribution is 2.50. The second kappa shape index (κ2) is 6.76. The number of benzene rings is 3. The lowest BCUT2D eigenvalue weighted by atomic mass is 9.83. The summed E-state index contributed by atoms with van der Waals surface area (Å²) in [5, 5.41) is 15.2. The summed E-state index contributed by atoms with van der Waals surface area (Å²) in [6, 6.07) is 24.7. The minimum Gasteiger partial charge on any atom is -0.378 e. The number of nitrogens with zero attached hydrogens (tertiary/aromatic N) is 2. The van der Waals surface area contributed by atoms with E-state index in [0.717, 1.165) is 51.5 Å². The summed E-state index contributed by atoms with van der Waals surface area (Å²) in [5.41, 5.74) is 2.37. The van der Waals surface area contributed by atoms with Gasteiger partial charge in [-0.1, -0.05) is 30.3 Å². The van der Waals surface area contributed by atoms with Crippen molar-refractivity contribution < 1.29 is 9.50 Å². The van der Waals surface area contributed by atoms with E-state index < -0.39 is 5.60 Å². The Morgan fingerprint density at radius 2 is 1.71 bits per heavy atom. The van der Waals surface area contributed by atoms with Crippen LogP contribution in [0, 0.1) is 11.7 Å². The zero-order valence-electron chi connectivity index (χ0n) is 16.9. The van der Waals surface area contributed by atoms with Crippen molar-refractivity contribution in [3.05, 3.63) is 108 Å². The van der Waals surface area contributed by atoms with Crippen molar-refractivity contribution in [1.29, 1.82) is 0 Å². The van der Waals surface area contributed by atoms with Gasteiger partial charge in [-0.2, -0.15) is 0 Å². The van der Waals surface area contributed by atoms with E-state index in [1.165, 1.54) is 12.1 Å². The topological polar surface area (TPSA) is 38.0 Å². The highest BCUT2D eigenvalue weighted by Gasteiger charge is 2.48. The number of hydrogen-bond donors (Lipinski definition) is 1. The third-order valence-corrected chi connectivity index (χ3v) is 6.44. The van der Waals surface area contributed by atoms with E-state index in [-0.39, 0.29) is 11.7 Å². The van der Waals surface area contributed by atoms with Crippen LogP contribution < -0.4 is 0 Å². The standard InChI is InChI=1S/C27H21FN2O/c28-22-8-10-23(11-9-22)30-16-14-19-17-21(7-12-25(19)30)27(31,20-5-6-20)26-24-4-2-1-3-18(24)13-15-29-26/h1-4,7-17,20,31H,5-6H2. The van der Waals surface area contributed by atoms with Crippen LogP contribution in [0.5, 0.6) is 0 Å². The lowest BCUT2D eigenvalue weighted by Gasteiger charge is -2.29. The Morgan fingerprint density at radius 1 is 0.903 bits per heavy atom. The summed E-state index contributed by atoms with van der Waals surface area (Å²) >= 11 is 0. The molecule has 0 spiro atoms. The maximum absolute atomic E-state index is 13.3. The van der Waals surface area contributed by atoms with Gasteiger partial charge in [0.15, 0.2) is 0 Å². The van der Waals surface area contributed by atoms with E-state index in [9.17, 15) is 9.50 Å². The number of aromatic nitrogens is 2. The first-order valence-electron chi connectivity index (χ1n) is 10.6. The predicted molar refractivity (Wildman–Crippen MR) is 121 cm³/mol. The molecule has 0 aliphatic heterocycles. The first-order chi connectivity index (χ1) is 15.1. The second-order valence-corrected chi connectivity index (χ2v) is 8.36. The fourth-order valence-corrected chi connectivity index (χ4v) is 4.70. The van der Waals surface area contributed by atoms with Gasteiger partial charge in [-0.15, -0.1) is 0 Å². The zero-order chi connectivity index (χ0) is 21.0. The third kappa shape index (κ3) is 2.87. The Morgan fingerprint density at radius 3 is 2.52 bits per heavy atom. The minimum atomic E-state index is -1.13. The molecule has 1 aliphatic rings. The quantitative estimate of drug-likeness (QED) is 0.398. The molecule has 0 radical (unpaired) electrons. The average Bonchev–Trinajstić information content (AvgIpc) is 3.59. The fourth-order valence-electron chi connectivity index (χ4n) is 4.70. The summed E-state index contributed by atoms with van der Waals surface area (Å²) in [6.45, 7) is 0. The summed E-state index contributed by atoms with van der Waals surface area (Å²) in [6.07, 6.45) is 5.73. The average molecular weight is 408 g/mol. The number of aliphatic hydroxyl groups is 1. The molecule has 152 valence electrons. The van der Waals surface area contributed by atoms with E-state index in [0.29, 0.717) is 0 Å². The van der Waals surface area contributed by atoms with Gasteiger partial charge in [0.05, 0.1) is 11.2 Å². The molecule has 1 aliphatic carbocycles. The molecular weight excluding hydrogens is 387 g/mol. The summed E-state index contributed by atoms with van der Waals surface area (Å²) in [4.78, 5) is 4.67. The van der Waals surface area contributed by atoms with Crippen molar-refractivity contribution >= 4 is 21.7 Å². The molecule has 5 aromatic rings. The van der Waals surface area contributed by atoms with Crippen LogP contribution in [0.2, 0.25) is 0 Å². The number of pyridine rings is 1. The maximum Gasteiger partial charge on any atom is 0.135 e. The van der Waals surface area contributed by atoms with E-state index in [2.05, 4.69) is 17.1 Å². The summed E-state index contributed by atoms with van der Waals surface area (Å²) in [7, 11) is 0. The molecule has 1 atom stereocenters. The predicted octanol–water partition coefficient (Wildman–Crippen LogP) is 5.96. The zero-order valence-corrected chi connectivity index (χ0v) is 16.9. The van der Waals surface area contributed by atoms with Gasteiger partial charge in [0, 0.05) is 28.9 Å². The molecule has 3 nitrogen and oxygen atoms in total. The lowest BCUT2D eigenvalue weighted by Crippen LogP contribution is -2.31. The Labute approximate surface area is 179 Å². The molecule has 6 rings (SSSR count). The Kier molecular flexibility index (Phi) is 3.99. The van der Waals surface area contributed by atoms with Crippen molar-refractivity contribution in [2.45, 2.75) is 18.4 Å². The number of rotatable bonds is 4. The smallest absolute Gasteiger partial charge is 0.135 e. The molecule has 0 amide bonds. The third-order valence-electron chi connectivity index (χ3n) is 6.44. The van der Waals surface area contributed by atoms with Crippen LogP contribution in [0.15, 0.2) is 91.3 Å². The van der Waals surface area contributed by atoms with Crippen LogP contribution in [0.3, 0.4) is 0 Å². The Bertz CT molecular complexity index is 1410. The number of fused-ring (bicyclic) bond motifs is 2. The van der Waals surface area contributed by atoms with E-state index >= 15 is 0 Å². The highest BCUT2D eigenvalue weighted by molar-refractivity contribution is 5.87. The minimum absolute atomic E-state index is 0.155. The Hall–Kier alpha value is -3.50. The molecule has 0 saturated heterocycles. The van der Waals surface area contributed by atoms with Gasteiger partial charge >= 0.3 is 0 Å². The molecule has 4 heteroatoms. The van der Waals surface area contributed by atoms with Gasteiger partial charge in [-0.25, -0.2) is 4.39 Å². The molecule has 1 saturated carbocycles. The molecule has 0 bridgehead atoms. The van der Waals surface area contributed by atoms with Gasteiger partial charge in [-0.3, -0.25) is 4.98 Å². The molecule has 1 N–H and O–H groups in total. The van der Waals surface area contributed by atoms with E-state index in [1.807, 2.05) is 53.2 Å². The normalized spacial score (nSPS) is 15.9. The Balaban J connectivity index is 1.51. The summed E-state index contributed by atoms with van der Waals surface area (Å²) in [5.74, 6) is -0.0953. The molecule has 31 heavy (non-hydrogen) atoms. The second-order valence-electron chi connectivity index (χ2n) is 8.36. The first kappa shape index (κ1) is 18.3. The van der Waals surface area contributed by atoms with Gasteiger partial charge in [0.25, 0.3) is 0 Å². The SMILES string of the molecule is OC(c1ccc2c(ccn2-c2ccc(F)cc2)c1)(c1nccc2ccccc12)C1CC1. The number of hydrogen-bond acceptors (Lipinski definition) is 2. The highest BCUT2D eigenvalue weighted by atomic mass is 19.1. The summed E-state index contributed by atoms with van der Waals surface area (Å²) < 4.78 is 15.4. The molecule has 1 unspecified atom stereocenters. The van der Waals surface area contributed by atoms with Gasteiger partial charge < -0.3 is 9.67 Å². The lowest BCUT2D eigenvalue weighted by molar-refractivity contribution is 0.0537. The fraction of sp³-hybridized carbons (Fsp3) is 0.148. The van der Waals surface area contributed by atoms with Crippen molar-refractivity contribution in [3.8, 4) is 5.69 Å². The molecule has 3 aromatic carbocycles. The first-order valence-corrected chi connectivity index (χ1v) is 10.6. The van der Waals surface area contributed by atoms with E-state index in [1.54, 1.807) is 18.3 Å². The van der Waals surface area contributed by atoms with Gasteiger partial charge in [0.2, 0.25) is 0 Å². The molecular formula is C27H21FN2O. The molecule has 1 fully saturated rings. The van der Waals surface area contributed by atoms with Crippen LogP contribution in [-0.2, 0) is 5.60 Å². The van der Waals surface area contributed by atoms with Crippen LogP contribution in [0.1, 0.15) is 24.1 Å². The number of halogens is 1. The van der Waals surface area contributed by atoms with Crippen LogP contribution in [0.25, 0.3) is 27.4 Å². The molecule has 2 aromatic heterocycles.